The lowest BCUT2D eigenvalue weighted by Crippen LogP contribution is -2.25. The highest BCUT2D eigenvalue weighted by molar-refractivity contribution is 5.46. The summed E-state index contributed by atoms with van der Waals surface area (Å²) >= 11 is 0. The first-order valence-electron chi connectivity index (χ1n) is 7.63. The molecule has 0 amide bonds. The van der Waals surface area contributed by atoms with Crippen LogP contribution < -0.4 is 14.8 Å². The van der Waals surface area contributed by atoms with E-state index >= 15 is 0 Å². The van der Waals surface area contributed by atoms with Crippen molar-refractivity contribution in [3.05, 3.63) is 23.8 Å². The smallest absolute Gasteiger partial charge is 0.165 e. The third-order valence-corrected chi connectivity index (χ3v) is 3.94. The van der Waals surface area contributed by atoms with Gasteiger partial charge in [-0.15, -0.1) is 0 Å². The largest absolute Gasteiger partial charge is 0.493 e. The van der Waals surface area contributed by atoms with Crippen molar-refractivity contribution >= 4 is 0 Å². The van der Waals surface area contributed by atoms with Crippen LogP contribution in [-0.2, 0) is 11.3 Å². The van der Waals surface area contributed by atoms with Gasteiger partial charge in [0.1, 0.15) is 0 Å². The summed E-state index contributed by atoms with van der Waals surface area (Å²) in [5, 5.41) is 3.52. The van der Waals surface area contributed by atoms with Crippen LogP contribution in [-0.4, -0.2) is 32.5 Å². The highest BCUT2D eigenvalue weighted by Gasteiger charge is 2.22. The molecule has 1 fully saturated rings. The number of hydrogen-bond donors (Lipinski definition) is 1. The Morgan fingerprint density at radius 2 is 2.00 bits per heavy atom. The molecular weight excluding hydrogens is 266 g/mol. The van der Waals surface area contributed by atoms with Crippen LogP contribution in [0.4, 0.5) is 0 Å². The maximum atomic E-state index is 6.00. The normalized spacial score (nSPS) is 15.0. The lowest BCUT2D eigenvalue weighted by atomic mass is 10.1. The number of ether oxygens (including phenoxy) is 3. The second kappa shape index (κ2) is 7.14. The fourth-order valence-electron chi connectivity index (χ4n) is 2.07. The number of nitrogens with one attached hydrogen (secondary N) is 1. The van der Waals surface area contributed by atoms with E-state index in [4.69, 9.17) is 14.2 Å². The van der Waals surface area contributed by atoms with Gasteiger partial charge in [-0.1, -0.05) is 12.1 Å². The van der Waals surface area contributed by atoms with Crippen LogP contribution in [0.5, 0.6) is 11.5 Å². The van der Waals surface area contributed by atoms with Crippen molar-refractivity contribution < 1.29 is 14.2 Å². The number of hydrogen-bond acceptors (Lipinski definition) is 4. The van der Waals surface area contributed by atoms with Gasteiger partial charge < -0.3 is 19.5 Å². The molecule has 1 aromatic carbocycles. The molecule has 0 heterocycles. The molecule has 0 unspecified atom stereocenters. The van der Waals surface area contributed by atoms with Gasteiger partial charge in [0.2, 0.25) is 0 Å². The molecule has 1 aromatic rings. The van der Waals surface area contributed by atoms with E-state index < -0.39 is 0 Å². The molecule has 1 saturated carbocycles. The zero-order chi connectivity index (χ0) is 15.3. The minimum atomic E-state index is -0.172. The van der Waals surface area contributed by atoms with E-state index in [1.807, 2.05) is 12.1 Å². The summed E-state index contributed by atoms with van der Waals surface area (Å²) < 4.78 is 16.9. The van der Waals surface area contributed by atoms with Gasteiger partial charge in [-0.2, -0.15) is 0 Å². The Morgan fingerprint density at radius 1 is 1.24 bits per heavy atom. The van der Waals surface area contributed by atoms with E-state index in [2.05, 4.69) is 25.2 Å². The fraction of sp³-hybridized carbons (Fsp3) is 0.647. The number of rotatable bonds is 9. The molecule has 1 aliphatic carbocycles. The summed E-state index contributed by atoms with van der Waals surface area (Å²) in [5.41, 5.74) is 0.977. The number of benzene rings is 1. The topological polar surface area (TPSA) is 39.7 Å². The van der Waals surface area contributed by atoms with Gasteiger partial charge in [-0.05, 0) is 32.8 Å². The van der Waals surface area contributed by atoms with E-state index in [0.717, 1.165) is 30.0 Å². The second-order valence-electron chi connectivity index (χ2n) is 6.17. The molecular formula is C17H27NO3. The van der Waals surface area contributed by atoms with Crippen molar-refractivity contribution in [3.8, 4) is 11.5 Å². The Balaban J connectivity index is 2.00. The maximum Gasteiger partial charge on any atom is 0.165 e. The van der Waals surface area contributed by atoms with Crippen LogP contribution in [0.15, 0.2) is 18.2 Å². The molecule has 0 bridgehead atoms. The van der Waals surface area contributed by atoms with Crippen LogP contribution in [0.1, 0.15) is 38.7 Å². The predicted molar refractivity (Wildman–Crippen MR) is 84.1 cm³/mol. The van der Waals surface area contributed by atoms with Crippen molar-refractivity contribution in [2.24, 2.45) is 0 Å². The van der Waals surface area contributed by atoms with Gasteiger partial charge in [0.05, 0.1) is 19.3 Å². The highest BCUT2D eigenvalue weighted by Crippen LogP contribution is 2.32. The summed E-state index contributed by atoms with van der Waals surface area (Å²) in [7, 11) is 3.41. The number of methoxy groups -OCH3 is 2. The summed E-state index contributed by atoms with van der Waals surface area (Å²) in [6.07, 6.45) is 3.39. The fourth-order valence-corrected chi connectivity index (χ4v) is 2.07. The van der Waals surface area contributed by atoms with Gasteiger partial charge >= 0.3 is 0 Å². The van der Waals surface area contributed by atoms with Crippen LogP contribution in [0.2, 0.25) is 0 Å². The number of para-hydroxylation sites is 1. The van der Waals surface area contributed by atoms with Crippen molar-refractivity contribution in [3.63, 3.8) is 0 Å². The molecule has 0 radical (unpaired) electrons. The van der Waals surface area contributed by atoms with Gasteiger partial charge in [0.15, 0.2) is 11.5 Å². The van der Waals surface area contributed by atoms with Crippen molar-refractivity contribution in [2.75, 3.05) is 20.8 Å². The van der Waals surface area contributed by atoms with Gasteiger partial charge in [-0.25, -0.2) is 0 Å². The van der Waals surface area contributed by atoms with Crippen molar-refractivity contribution in [1.82, 2.24) is 5.32 Å². The minimum Gasteiger partial charge on any atom is -0.493 e. The standard InChI is InChI=1S/C17H27NO3/c1-17(2,20-4)10-11-21-16-13(12-18-14-8-9-14)6-5-7-15(16)19-3/h5-7,14,18H,8-12H2,1-4H3. The first-order chi connectivity index (χ1) is 10.1. The molecule has 1 aliphatic rings. The molecule has 1 N–H and O–H groups in total. The molecule has 4 heteroatoms. The average molecular weight is 293 g/mol. The molecule has 0 atom stereocenters. The first-order valence-corrected chi connectivity index (χ1v) is 7.63. The maximum absolute atomic E-state index is 6.00. The van der Waals surface area contributed by atoms with E-state index in [-0.39, 0.29) is 5.60 Å². The molecule has 4 nitrogen and oxygen atoms in total. The molecule has 21 heavy (non-hydrogen) atoms. The van der Waals surface area contributed by atoms with Crippen LogP contribution >= 0.6 is 0 Å². The third-order valence-electron chi connectivity index (χ3n) is 3.94. The van der Waals surface area contributed by atoms with E-state index in [9.17, 15) is 0 Å². The summed E-state index contributed by atoms with van der Waals surface area (Å²) in [6, 6.07) is 6.72. The summed E-state index contributed by atoms with van der Waals surface area (Å²) in [4.78, 5) is 0. The monoisotopic (exact) mass is 293 g/mol. The molecule has 0 aliphatic heterocycles. The Labute approximate surface area is 127 Å². The van der Waals surface area contributed by atoms with Crippen molar-refractivity contribution in [1.29, 1.82) is 0 Å². The SMILES string of the molecule is COc1cccc(CNC2CC2)c1OCCC(C)(C)OC. The Hall–Kier alpha value is -1.26. The summed E-state index contributed by atoms with van der Waals surface area (Å²) in [5.74, 6) is 1.64. The van der Waals surface area contributed by atoms with Crippen molar-refractivity contribution in [2.45, 2.75) is 51.3 Å². The zero-order valence-corrected chi connectivity index (χ0v) is 13.6. The van der Waals surface area contributed by atoms with Crippen LogP contribution in [0, 0.1) is 0 Å². The zero-order valence-electron chi connectivity index (χ0n) is 13.6. The Kier molecular flexibility index (Phi) is 5.48. The highest BCUT2D eigenvalue weighted by atomic mass is 16.5. The Bertz CT molecular complexity index is 455. The van der Waals surface area contributed by atoms with Gasteiger partial charge in [-0.3, -0.25) is 0 Å². The average Bonchev–Trinajstić information content (AvgIpc) is 3.30. The molecule has 0 spiro atoms. The van der Waals surface area contributed by atoms with E-state index in [0.29, 0.717) is 12.6 Å². The second-order valence-corrected chi connectivity index (χ2v) is 6.17. The van der Waals surface area contributed by atoms with E-state index in [1.165, 1.54) is 12.8 Å². The van der Waals surface area contributed by atoms with Crippen LogP contribution in [0.3, 0.4) is 0 Å². The molecule has 0 aromatic heterocycles. The molecule has 2 rings (SSSR count). The van der Waals surface area contributed by atoms with E-state index in [1.54, 1.807) is 14.2 Å². The quantitative estimate of drug-likeness (QED) is 0.759. The van der Waals surface area contributed by atoms with Gasteiger partial charge in [0, 0.05) is 31.7 Å². The Morgan fingerprint density at radius 3 is 2.62 bits per heavy atom. The minimum absolute atomic E-state index is 0.172. The van der Waals surface area contributed by atoms with Crippen LogP contribution in [0.25, 0.3) is 0 Å². The molecule has 118 valence electrons. The third kappa shape index (κ3) is 4.90. The summed E-state index contributed by atoms with van der Waals surface area (Å²) in [6.45, 7) is 5.56. The lowest BCUT2D eigenvalue weighted by Gasteiger charge is -2.23. The first kappa shape index (κ1) is 16.1. The van der Waals surface area contributed by atoms with Gasteiger partial charge in [0.25, 0.3) is 0 Å². The lowest BCUT2D eigenvalue weighted by molar-refractivity contribution is 0.00516. The molecule has 0 saturated heterocycles. The predicted octanol–water partition coefficient (Wildman–Crippen LogP) is 3.14.